The Bertz CT molecular complexity index is 653. The number of amides is 2. The molecule has 7 heteroatoms. The van der Waals surface area contributed by atoms with Gasteiger partial charge in [-0.2, -0.15) is 0 Å². The molecule has 0 radical (unpaired) electrons. The molecule has 1 unspecified atom stereocenters. The number of ether oxygens (including phenoxy) is 1. The van der Waals surface area contributed by atoms with E-state index in [1.54, 1.807) is 13.2 Å². The topological polar surface area (TPSA) is 76.4 Å². The van der Waals surface area contributed by atoms with Crippen LogP contribution in [0.5, 0.6) is 0 Å². The molecule has 1 heterocycles. The molecule has 0 fully saturated rings. The minimum absolute atomic E-state index is 0.231. The van der Waals surface area contributed by atoms with Gasteiger partial charge in [-0.15, -0.1) is 0 Å². The molecule has 1 aromatic heterocycles. The molecule has 2 N–H and O–H groups in total. The molecule has 124 valence electrons. The number of rotatable bonds is 6. The summed E-state index contributed by atoms with van der Waals surface area (Å²) in [6.07, 6.45) is -0.273. The van der Waals surface area contributed by atoms with Crippen molar-refractivity contribution in [1.82, 2.24) is 15.6 Å². The number of methoxy groups -OCH3 is 1. The molecule has 6 nitrogen and oxygen atoms in total. The first-order valence-corrected chi connectivity index (χ1v) is 7.60. The SMILES string of the molecule is COC(CNC(=O)NCc1nc(C)c(C)o1)c1cccc(Cl)c1. The van der Waals surface area contributed by atoms with Gasteiger partial charge in [-0.05, 0) is 31.5 Å². The van der Waals surface area contributed by atoms with Crippen LogP contribution in [0, 0.1) is 13.8 Å². The van der Waals surface area contributed by atoms with Crippen LogP contribution in [0.25, 0.3) is 0 Å². The molecule has 0 aliphatic heterocycles. The molecule has 23 heavy (non-hydrogen) atoms. The highest BCUT2D eigenvalue weighted by Gasteiger charge is 2.13. The van der Waals surface area contributed by atoms with Crippen LogP contribution in [-0.2, 0) is 11.3 Å². The number of oxazole rings is 1. The summed E-state index contributed by atoms with van der Waals surface area (Å²) in [5.74, 6) is 1.23. The van der Waals surface area contributed by atoms with Crippen molar-refractivity contribution in [3.63, 3.8) is 0 Å². The van der Waals surface area contributed by atoms with E-state index in [2.05, 4.69) is 15.6 Å². The molecule has 1 aromatic carbocycles. The molecule has 0 aliphatic rings. The quantitative estimate of drug-likeness (QED) is 0.849. The number of carbonyl (C=O) groups is 1. The molecule has 0 spiro atoms. The Balaban J connectivity index is 1.82. The Morgan fingerprint density at radius 3 is 2.78 bits per heavy atom. The number of nitrogens with zero attached hydrogens (tertiary/aromatic N) is 1. The van der Waals surface area contributed by atoms with E-state index in [4.69, 9.17) is 20.8 Å². The van der Waals surface area contributed by atoms with E-state index in [-0.39, 0.29) is 18.7 Å². The van der Waals surface area contributed by atoms with Crippen molar-refractivity contribution >= 4 is 17.6 Å². The highest BCUT2D eigenvalue weighted by atomic mass is 35.5. The smallest absolute Gasteiger partial charge is 0.315 e. The van der Waals surface area contributed by atoms with Crippen molar-refractivity contribution < 1.29 is 13.9 Å². The Kier molecular flexibility index (Phi) is 6.01. The van der Waals surface area contributed by atoms with Crippen molar-refractivity contribution in [2.45, 2.75) is 26.5 Å². The van der Waals surface area contributed by atoms with Gasteiger partial charge >= 0.3 is 6.03 Å². The summed E-state index contributed by atoms with van der Waals surface area (Å²) < 4.78 is 10.8. The maximum Gasteiger partial charge on any atom is 0.315 e. The fourth-order valence-electron chi connectivity index (χ4n) is 2.06. The molecule has 1 atom stereocenters. The van der Waals surface area contributed by atoms with Crippen molar-refractivity contribution in [2.24, 2.45) is 0 Å². The minimum Gasteiger partial charge on any atom is -0.444 e. The van der Waals surface area contributed by atoms with Gasteiger partial charge in [0, 0.05) is 18.7 Å². The van der Waals surface area contributed by atoms with Gasteiger partial charge in [0.2, 0.25) is 5.89 Å². The predicted molar refractivity (Wildman–Crippen MR) is 87.4 cm³/mol. The third-order valence-corrected chi connectivity index (χ3v) is 3.66. The van der Waals surface area contributed by atoms with Crippen molar-refractivity contribution in [3.05, 3.63) is 52.2 Å². The summed E-state index contributed by atoms with van der Waals surface area (Å²) in [5.41, 5.74) is 1.72. The first-order valence-electron chi connectivity index (χ1n) is 7.22. The second-order valence-corrected chi connectivity index (χ2v) is 5.53. The van der Waals surface area contributed by atoms with E-state index in [9.17, 15) is 4.79 Å². The standard InChI is InChI=1S/C16H20ClN3O3/c1-10-11(2)23-15(20-10)9-19-16(21)18-8-14(22-3)12-5-4-6-13(17)7-12/h4-7,14H,8-9H2,1-3H3,(H2,18,19,21). The van der Waals surface area contributed by atoms with Gasteiger partial charge in [-0.25, -0.2) is 9.78 Å². The molecule has 0 aliphatic carbocycles. The molecule has 2 aromatic rings. The molecular weight excluding hydrogens is 318 g/mol. The van der Waals surface area contributed by atoms with Crippen molar-refractivity contribution in [2.75, 3.05) is 13.7 Å². The fourth-order valence-corrected chi connectivity index (χ4v) is 2.26. The van der Waals surface area contributed by atoms with Gasteiger partial charge in [0.25, 0.3) is 0 Å². The van der Waals surface area contributed by atoms with Crippen LogP contribution < -0.4 is 10.6 Å². The fraction of sp³-hybridized carbons (Fsp3) is 0.375. The van der Waals surface area contributed by atoms with Gasteiger partial charge < -0.3 is 19.8 Å². The second-order valence-electron chi connectivity index (χ2n) is 5.09. The maximum absolute atomic E-state index is 11.9. The average molecular weight is 338 g/mol. The van der Waals surface area contributed by atoms with Crippen LogP contribution in [0.1, 0.15) is 29.0 Å². The van der Waals surface area contributed by atoms with Gasteiger partial charge in [0.05, 0.1) is 18.3 Å². The maximum atomic E-state index is 11.9. The zero-order valence-electron chi connectivity index (χ0n) is 13.4. The summed E-state index contributed by atoms with van der Waals surface area (Å²) in [7, 11) is 1.59. The first-order chi connectivity index (χ1) is 11.0. The highest BCUT2D eigenvalue weighted by molar-refractivity contribution is 6.30. The summed E-state index contributed by atoms with van der Waals surface area (Å²) >= 11 is 5.97. The van der Waals surface area contributed by atoms with Crippen LogP contribution in [0.2, 0.25) is 5.02 Å². The number of hydrogen-bond acceptors (Lipinski definition) is 4. The third kappa shape index (κ3) is 4.97. The average Bonchev–Trinajstić information content (AvgIpc) is 2.84. The van der Waals surface area contributed by atoms with Crippen LogP contribution in [0.15, 0.2) is 28.7 Å². The van der Waals surface area contributed by atoms with E-state index in [0.29, 0.717) is 17.5 Å². The van der Waals surface area contributed by atoms with Gasteiger partial charge in [-0.3, -0.25) is 0 Å². The number of benzene rings is 1. The van der Waals surface area contributed by atoms with E-state index in [1.807, 2.05) is 32.0 Å². The summed E-state index contributed by atoms with van der Waals surface area (Å²) in [5, 5.41) is 6.08. The normalized spacial score (nSPS) is 12.0. The molecule has 0 saturated heterocycles. The number of urea groups is 1. The van der Waals surface area contributed by atoms with Crippen LogP contribution in [-0.4, -0.2) is 24.7 Å². The number of nitrogens with one attached hydrogen (secondary N) is 2. The van der Waals surface area contributed by atoms with Crippen molar-refractivity contribution in [3.8, 4) is 0 Å². The minimum atomic E-state index is -0.317. The Morgan fingerprint density at radius 1 is 1.39 bits per heavy atom. The molecule has 2 amide bonds. The Labute approximate surface area is 140 Å². The lowest BCUT2D eigenvalue weighted by Crippen LogP contribution is -2.37. The number of hydrogen-bond donors (Lipinski definition) is 2. The molecule has 2 rings (SSSR count). The lowest BCUT2D eigenvalue weighted by molar-refractivity contribution is 0.104. The zero-order chi connectivity index (χ0) is 16.8. The largest absolute Gasteiger partial charge is 0.444 e. The monoisotopic (exact) mass is 337 g/mol. The Hall–Kier alpha value is -2.05. The molecule has 0 saturated carbocycles. The van der Waals surface area contributed by atoms with E-state index in [0.717, 1.165) is 17.0 Å². The number of halogens is 1. The van der Waals surface area contributed by atoms with Crippen LogP contribution in [0.4, 0.5) is 4.79 Å². The summed E-state index contributed by atoms with van der Waals surface area (Å²) in [6, 6.07) is 7.03. The second kappa shape index (κ2) is 7.99. The number of aryl methyl sites for hydroxylation is 2. The van der Waals surface area contributed by atoms with E-state index < -0.39 is 0 Å². The number of carbonyl (C=O) groups excluding carboxylic acids is 1. The summed E-state index contributed by atoms with van der Waals surface area (Å²) in [6.45, 7) is 4.25. The van der Waals surface area contributed by atoms with Crippen LogP contribution in [0.3, 0.4) is 0 Å². The van der Waals surface area contributed by atoms with Crippen LogP contribution >= 0.6 is 11.6 Å². The van der Waals surface area contributed by atoms with Crippen molar-refractivity contribution in [1.29, 1.82) is 0 Å². The lowest BCUT2D eigenvalue weighted by Gasteiger charge is -2.17. The first kappa shape index (κ1) is 17.3. The highest BCUT2D eigenvalue weighted by Crippen LogP contribution is 2.19. The van der Waals surface area contributed by atoms with Gasteiger partial charge in [0.15, 0.2) is 0 Å². The molecular formula is C16H20ClN3O3. The van der Waals surface area contributed by atoms with E-state index >= 15 is 0 Å². The zero-order valence-corrected chi connectivity index (χ0v) is 14.1. The van der Waals surface area contributed by atoms with Gasteiger partial charge in [0.1, 0.15) is 5.76 Å². The molecule has 0 bridgehead atoms. The number of aromatic nitrogens is 1. The predicted octanol–water partition coefficient (Wildman–Crippen LogP) is 3.13. The third-order valence-electron chi connectivity index (χ3n) is 3.43. The van der Waals surface area contributed by atoms with E-state index in [1.165, 1.54) is 0 Å². The summed E-state index contributed by atoms with van der Waals surface area (Å²) in [4.78, 5) is 16.1. The lowest BCUT2D eigenvalue weighted by atomic mass is 10.1. The van der Waals surface area contributed by atoms with Gasteiger partial charge in [-0.1, -0.05) is 23.7 Å². The Morgan fingerprint density at radius 2 is 2.17 bits per heavy atom.